The van der Waals surface area contributed by atoms with Crippen molar-refractivity contribution in [2.75, 3.05) is 6.54 Å². The van der Waals surface area contributed by atoms with Crippen molar-refractivity contribution in [3.63, 3.8) is 0 Å². The number of carbonyl (C=O) groups is 2. The van der Waals surface area contributed by atoms with Gasteiger partial charge in [-0.15, -0.1) is 0 Å². The lowest BCUT2D eigenvalue weighted by Crippen LogP contribution is -2.38. The zero-order valence-electron chi connectivity index (χ0n) is 17.3. The highest BCUT2D eigenvalue weighted by atomic mass is 32.2. The van der Waals surface area contributed by atoms with E-state index in [4.69, 9.17) is 0 Å². The van der Waals surface area contributed by atoms with Crippen LogP contribution in [0.3, 0.4) is 0 Å². The van der Waals surface area contributed by atoms with Crippen LogP contribution < -0.4 is 0 Å². The smallest absolute Gasteiger partial charge is 0.286 e. The van der Waals surface area contributed by atoms with Crippen LogP contribution in [-0.2, 0) is 20.0 Å². The van der Waals surface area contributed by atoms with Gasteiger partial charge in [-0.3, -0.25) is 9.59 Å². The zero-order chi connectivity index (χ0) is 23.3. The lowest BCUT2D eigenvalue weighted by molar-refractivity contribution is 0.0858. The van der Waals surface area contributed by atoms with Crippen LogP contribution in [0.15, 0.2) is 70.6 Å². The number of sulfonamides is 1. The molecule has 1 aromatic heterocycles. The van der Waals surface area contributed by atoms with Crippen LogP contribution in [0.4, 0.5) is 0 Å². The standard InChI is InChI=1S/C22H20N2O6S2/c1-15-3-7-17(8-4-15)31(27,28)23-13-11-19-20(25)12-14-24(22(26)21(19)23)32(29,30)18-9-5-16(2)6-10-18/h3-11,13H,12,14H2,1-2H3. The van der Waals surface area contributed by atoms with Gasteiger partial charge in [0.1, 0.15) is 5.69 Å². The number of benzene rings is 2. The zero-order valence-corrected chi connectivity index (χ0v) is 19.0. The van der Waals surface area contributed by atoms with Gasteiger partial charge in [0.2, 0.25) is 0 Å². The summed E-state index contributed by atoms with van der Waals surface area (Å²) in [5, 5.41) is 0. The number of hydrogen-bond acceptors (Lipinski definition) is 6. The number of aromatic nitrogens is 1. The number of rotatable bonds is 4. The number of ketones is 1. The fourth-order valence-electron chi connectivity index (χ4n) is 3.50. The predicted molar refractivity (Wildman–Crippen MR) is 117 cm³/mol. The number of carbonyl (C=O) groups excluding carboxylic acids is 2. The molecule has 3 aromatic rings. The van der Waals surface area contributed by atoms with Crippen molar-refractivity contribution >= 4 is 31.7 Å². The van der Waals surface area contributed by atoms with Crippen LogP contribution >= 0.6 is 0 Å². The van der Waals surface area contributed by atoms with Gasteiger partial charge >= 0.3 is 0 Å². The summed E-state index contributed by atoms with van der Waals surface area (Å²) >= 11 is 0. The Morgan fingerprint density at radius 2 is 1.22 bits per heavy atom. The largest absolute Gasteiger partial charge is 0.294 e. The van der Waals surface area contributed by atoms with Gasteiger partial charge in [-0.25, -0.2) is 25.1 Å². The van der Waals surface area contributed by atoms with Crippen LogP contribution in [-0.4, -0.2) is 43.3 Å². The molecule has 0 saturated carbocycles. The van der Waals surface area contributed by atoms with E-state index in [1.54, 1.807) is 38.1 Å². The Labute approximate surface area is 186 Å². The molecular weight excluding hydrogens is 452 g/mol. The summed E-state index contributed by atoms with van der Waals surface area (Å²) in [5.41, 5.74) is 1.08. The Balaban J connectivity index is 1.86. The maximum atomic E-state index is 13.4. The van der Waals surface area contributed by atoms with Gasteiger partial charge in [0.15, 0.2) is 5.78 Å². The normalized spacial score (nSPS) is 14.9. The van der Waals surface area contributed by atoms with E-state index in [1.807, 2.05) is 0 Å². The number of hydrogen-bond donors (Lipinski definition) is 0. The van der Waals surface area contributed by atoms with E-state index in [1.165, 1.54) is 30.3 Å². The van der Waals surface area contributed by atoms with Crippen LogP contribution in [0.25, 0.3) is 0 Å². The Bertz CT molecular complexity index is 1440. The summed E-state index contributed by atoms with van der Waals surface area (Å²) in [6, 6.07) is 13.2. The molecule has 0 unspecified atom stereocenters. The van der Waals surface area contributed by atoms with Crippen molar-refractivity contribution in [2.45, 2.75) is 30.1 Å². The molecule has 32 heavy (non-hydrogen) atoms. The van der Waals surface area contributed by atoms with Gasteiger partial charge in [0.25, 0.3) is 26.0 Å². The second-order valence-electron chi connectivity index (χ2n) is 7.56. The summed E-state index contributed by atoms with van der Waals surface area (Å²) in [5.74, 6) is -1.57. The summed E-state index contributed by atoms with van der Waals surface area (Å²) < 4.78 is 54.1. The lowest BCUT2D eigenvalue weighted by Gasteiger charge is -2.21. The second-order valence-corrected chi connectivity index (χ2v) is 11.2. The van der Waals surface area contributed by atoms with Gasteiger partial charge in [-0.1, -0.05) is 35.4 Å². The number of nitrogens with zero attached hydrogens (tertiary/aromatic N) is 2. The molecule has 166 valence electrons. The van der Waals surface area contributed by atoms with E-state index < -0.39 is 37.4 Å². The topological polar surface area (TPSA) is 111 Å². The molecule has 0 N–H and O–H groups in total. The second kappa shape index (κ2) is 7.72. The highest BCUT2D eigenvalue weighted by molar-refractivity contribution is 7.90. The SMILES string of the molecule is Cc1ccc(S(=O)(=O)N2CCC(=O)c3ccn(S(=O)(=O)c4ccc(C)cc4)c3C2=O)cc1. The molecule has 0 bridgehead atoms. The minimum absolute atomic E-state index is 0.0843. The van der Waals surface area contributed by atoms with E-state index in [0.29, 0.717) is 8.28 Å². The monoisotopic (exact) mass is 472 g/mol. The number of aryl methyl sites for hydroxylation is 2. The van der Waals surface area contributed by atoms with Gasteiger partial charge in [-0.2, -0.15) is 0 Å². The third-order valence-electron chi connectivity index (χ3n) is 5.31. The Kier molecular flexibility index (Phi) is 5.30. The van der Waals surface area contributed by atoms with E-state index in [-0.39, 0.29) is 28.3 Å². The Hall–Kier alpha value is -3.24. The molecule has 0 radical (unpaired) electrons. The molecule has 0 saturated heterocycles. The molecule has 0 atom stereocenters. The molecule has 10 heteroatoms. The minimum Gasteiger partial charge on any atom is -0.294 e. The number of fused-ring (bicyclic) bond motifs is 1. The van der Waals surface area contributed by atoms with Crippen molar-refractivity contribution in [1.29, 1.82) is 0 Å². The molecular formula is C22H20N2O6S2. The van der Waals surface area contributed by atoms with Crippen LogP contribution in [0, 0.1) is 13.8 Å². The quantitative estimate of drug-likeness (QED) is 0.577. The third kappa shape index (κ3) is 3.55. The first kappa shape index (κ1) is 22.0. The molecule has 2 heterocycles. The number of amides is 1. The van der Waals surface area contributed by atoms with Gasteiger partial charge in [-0.05, 0) is 44.2 Å². The summed E-state index contributed by atoms with van der Waals surface area (Å²) in [6.45, 7) is 3.21. The summed E-state index contributed by atoms with van der Waals surface area (Å²) in [6.07, 6.45) is 0.857. The van der Waals surface area contributed by atoms with Crippen LogP contribution in [0.5, 0.6) is 0 Å². The highest BCUT2D eigenvalue weighted by Crippen LogP contribution is 2.28. The molecule has 0 aliphatic carbocycles. The maximum absolute atomic E-state index is 13.4. The van der Waals surface area contributed by atoms with E-state index in [2.05, 4.69) is 0 Å². The predicted octanol–water partition coefficient (Wildman–Crippen LogP) is 2.76. The fraction of sp³-hybridized carbons (Fsp3) is 0.182. The third-order valence-corrected chi connectivity index (χ3v) is 8.80. The Morgan fingerprint density at radius 3 is 1.75 bits per heavy atom. The average Bonchev–Trinajstić information content (AvgIpc) is 3.15. The summed E-state index contributed by atoms with van der Waals surface area (Å²) in [7, 11) is -8.55. The van der Waals surface area contributed by atoms with Crippen LogP contribution in [0.1, 0.15) is 38.4 Å². The van der Waals surface area contributed by atoms with Crippen molar-refractivity contribution in [2.24, 2.45) is 0 Å². The molecule has 1 aliphatic heterocycles. The van der Waals surface area contributed by atoms with Gasteiger partial charge in [0.05, 0.1) is 9.79 Å². The van der Waals surface area contributed by atoms with Crippen molar-refractivity contribution in [3.8, 4) is 0 Å². The first-order valence-corrected chi connectivity index (χ1v) is 12.6. The van der Waals surface area contributed by atoms with E-state index in [9.17, 15) is 26.4 Å². The van der Waals surface area contributed by atoms with Crippen LogP contribution in [0.2, 0.25) is 0 Å². The fourth-order valence-corrected chi connectivity index (χ4v) is 6.21. The number of Topliss-reactive ketones (excluding diaryl/α,β-unsaturated/α-hetero) is 1. The van der Waals surface area contributed by atoms with Gasteiger partial charge in [0, 0.05) is 24.7 Å². The first-order chi connectivity index (χ1) is 15.0. The van der Waals surface area contributed by atoms with Gasteiger partial charge < -0.3 is 0 Å². The average molecular weight is 473 g/mol. The van der Waals surface area contributed by atoms with Crippen molar-refractivity contribution in [1.82, 2.24) is 8.28 Å². The summed E-state index contributed by atoms with van der Waals surface area (Å²) in [4.78, 5) is 25.8. The molecule has 0 fully saturated rings. The highest BCUT2D eigenvalue weighted by Gasteiger charge is 2.39. The molecule has 1 aliphatic rings. The Morgan fingerprint density at radius 1 is 0.719 bits per heavy atom. The van der Waals surface area contributed by atoms with E-state index >= 15 is 0 Å². The van der Waals surface area contributed by atoms with E-state index in [0.717, 1.165) is 17.3 Å². The molecule has 1 amide bonds. The molecule has 4 rings (SSSR count). The molecule has 0 spiro atoms. The molecule has 2 aromatic carbocycles. The maximum Gasteiger partial charge on any atom is 0.286 e. The lowest BCUT2D eigenvalue weighted by atomic mass is 10.1. The first-order valence-electron chi connectivity index (χ1n) is 9.74. The molecule has 8 nitrogen and oxygen atoms in total. The van der Waals surface area contributed by atoms with Crippen molar-refractivity contribution in [3.05, 3.63) is 83.2 Å². The minimum atomic E-state index is -4.30. The van der Waals surface area contributed by atoms with Crippen molar-refractivity contribution < 1.29 is 26.4 Å².